The molecule has 3 heteroatoms. The Kier molecular flexibility index (Phi) is 3.49. The SMILES string of the molecule is CCc1ccc(C(O)c2cncc(F)c2)cc1. The highest BCUT2D eigenvalue weighted by Crippen LogP contribution is 2.22. The molecule has 1 atom stereocenters. The third-order valence-corrected chi connectivity index (χ3v) is 2.75. The van der Waals surface area contributed by atoms with Crippen LogP contribution < -0.4 is 0 Å². The van der Waals surface area contributed by atoms with E-state index >= 15 is 0 Å². The average molecular weight is 231 g/mol. The summed E-state index contributed by atoms with van der Waals surface area (Å²) in [4.78, 5) is 3.73. The lowest BCUT2D eigenvalue weighted by molar-refractivity contribution is 0.219. The summed E-state index contributed by atoms with van der Waals surface area (Å²) in [6.45, 7) is 2.07. The summed E-state index contributed by atoms with van der Waals surface area (Å²) >= 11 is 0. The van der Waals surface area contributed by atoms with Crippen LogP contribution in [0.1, 0.15) is 29.7 Å². The van der Waals surface area contributed by atoms with Crippen molar-refractivity contribution in [3.63, 3.8) is 0 Å². The first-order chi connectivity index (χ1) is 8.20. The van der Waals surface area contributed by atoms with Gasteiger partial charge in [-0.05, 0) is 23.6 Å². The van der Waals surface area contributed by atoms with Gasteiger partial charge >= 0.3 is 0 Å². The van der Waals surface area contributed by atoms with Gasteiger partial charge in [0.2, 0.25) is 0 Å². The number of aromatic nitrogens is 1. The normalized spacial score (nSPS) is 12.4. The van der Waals surface area contributed by atoms with E-state index in [1.54, 1.807) is 0 Å². The van der Waals surface area contributed by atoms with Crippen molar-refractivity contribution in [1.29, 1.82) is 0 Å². The van der Waals surface area contributed by atoms with Crippen LogP contribution in [-0.2, 0) is 6.42 Å². The Morgan fingerprint density at radius 1 is 1.18 bits per heavy atom. The van der Waals surface area contributed by atoms with Crippen molar-refractivity contribution in [1.82, 2.24) is 4.98 Å². The van der Waals surface area contributed by atoms with Gasteiger partial charge in [-0.3, -0.25) is 4.98 Å². The molecule has 2 rings (SSSR count). The van der Waals surface area contributed by atoms with E-state index in [0.29, 0.717) is 5.56 Å². The van der Waals surface area contributed by atoms with E-state index in [1.165, 1.54) is 17.8 Å². The maximum absolute atomic E-state index is 13.0. The number of hydrogen-bond acceptors (Lipinski definition) is 2. The summed E-state index contributed by atoms with van der Waals surface area (Å²) in [7, 11) is 0. The maximum atomic E-state index is 13.0. The van der Waals surface area contributed by atoms with E-state index < -0.39 is 11.9 Å². The molecule has 2 nitrogen and oxygen atoms in total. The minimum atomic E-state index is -0.830. The van der Waals surface area contributed by atoms with Gasteiger partial charge in [0.1, 0.15) is 11.9 Å². The monoisotopic (exact) mass is 231 g/mol. The lowest BCUT2D eigenvalue weighted by Crippen LogP contribution is -2.01. The van der Waals surface area contributed by atoms with Gasteiger partial charge in [0.15, 0.2) is 0 Å². The summed E-state index contributed by atoms with van der Waals surface area (Å²) in [5, 5.41) is 10.1. The summed E-state index contributed by atoms with van der Waals surface area (Å²) < 4.78 is 13.0. The van der Waals surface area contributed by atoms with Crippen molar-refractivity contribution in [2.75, 3.05) is 0 Å². The summed E-state index contributed by atoms with van der Waals surface area (Å²) in [5.41, 5.74) is 2.42. The van der Waals surface area contributed by atoms with Crippen molar-refractivity contribution < 1.29 is 9.50 Å². The van der Waals surface area contributed by atoms with Crippen LogP contribution in [-0.4, -0.2) is 10.1 Å². The average Bonchev–Trinajstić information content (AvgIpc) is 2.38. The third-order valence-electron chi connectivity index (χ3n) is 2.75. The van der Waals surface area contributed by atoms with Crippen molar-refractivity contribution in [2.24, 2.45) is 0 Å². The Morgan fingerprint density at radius 2 is 1.88 bits per heavy atom. The minimum Gasteiger partial charge on any atom is -0.384 e. The molecule has 1 heterocycles. The number of aryl methyl sites for hydroxylation is 1. The quantitative estimate of drug-likeness (QED) is 0.881. The Hall–Kier alpha value is -1.74. The van der Waals surface area contributed by atoms with Gasteiger partial charge < -0.3 is 5.11 Å². The molecular formula is C14H14FNO. The Morgan fingerprint density at radius 3 is 2.47 bits per heavy atom. The fourth-order valence-corrected chi connectivity index (χ4v) is 1.71. The molecule has 0 bridgehead atoms. The van der Waals surface area contributed by atoms with Crippen LogP contribution in [0.4, 0.5) is 4.39 Å². The van der Waals surface area contributed by atoms with E-state index in [2.05, 4.69) is 11.9 Å². The second kappa shape index (κ2) is 5.06. The molecule has 0 aliphatic carbocycles. The zero-order valence-electron chi connectivity index (χ0n) is 9.60. The van der Waals surface area contributed by atoms with Crippen LogP contribution in [0.15, 0.2) is 42.7 Å². The number of aliphatic hydroxyl groups excluding tert-OH is 1. The number of pyridine rings is 1. The molecule has 2 aromatic rings. The van der Waals surface area contributed by atoms with E-state index in [1.807, 2.05) is 24.3 Å². The number of nitrogens with zero attached hydrogens (tertiary/aromatic N) is 1. The van der Waals surface area contributed by atoms with Crippen LogP contribution in [0, 0.1) is 5.82 Å². The first-order valence-electron chi connectivity index (χ1n) is 5.58. The Balaban J connectivity index is 2.27. The van der Waals surface area contributed by atoms with Crippen molar-refractivity contribution >= 4 is 0 Å². The summed E-state index contributed by atoms with van der Waals surface area (Å²) in [5.74, 6) is -0.438. The number of aliphatic hydroxyl groups is 1. The highest BCUT2D eigenvalue weighted by atomic mass is 19.1. The largest absolute Gasteiger partial charge is 0.384 e. The molecule has 0 aliphatic rings. The van der Waals surface area contributed by atoms with E-state index in [-0.39, 0.29) is 0 Å². The smallest absolute Gasteiger partial charge is 0.141 e. The zero-order chi connectivity index (χ0) is 12.3. The van der Waals surface area contributed by atoms with Crippen molar-refractivity contribution in [3.8, 4) is 0 Å². The minimum absolute atomic E-state index is 0.438. The molecule has 1 aromatic carbocycles. The lowest BCUT2D eigenvalue weighted by Gasteiger charge is -2.11. The maximum Gasteiger partial charge on any atom is 0.141 e. The van der Waals surface area contributed by atoms with Gasteiger partial charge in [0.25, 0.3) is 0 Å². The summed E-state index contributed by atoms with van der Waals surface area (Å²) in [6.07, 6.45) is 2.72. The topological polar surface area (TPSA) is 33.1 Å². The molecule has 1 N–H and O–H groups in total. The standard InChI is InChI=1S/C14H14FNO/c1-2-10-3-5-11(6-4-10)14(17)12-7-13(15)9-16-8-12/h3-9,14,17H,2H2,1H3. The number of hydrogen-bond donors (Lipinski definition) is 1. The molecule has 0 radical (unpaired) electrons. The predicted octanol–water partition coefficient (Wildman–Crippen LogP) is 2.86. The first kappa shape index (κ1) is 11.7. The second-order valence-electron chi connectivity index (χ2n) is 3.93. The molecule has 17 heavy (non-hydrogen) atoms. The van der Waals surface area contributed by atoms with Crippen LogP contribution in [0.25, 0.3) is 0 Å². The molecule has 88 valence electrons. The number of benzene rings is 1. The fourth-order valence-electron chi connectivity index (χ4n) is 1.71. The van der Waals surface area contributed by atoms with Crippen molar-refractivity contribution in [3.05, 3.63) is 65.2 Å². The van der Waals surface area contributed by atoms with Crippen LogP contribution in [0.3, 0.4) is 0 Å². The van der Waals surface area contributed by atoms with Gasteiger partial charge in [0, 0.05) is 11.8 Å². The van der Waals surface area contributed by atoms with Crippen LogP contribution in [0.2, 0.25) is 0 Å². The third kappa shape index (κ3) is 2.68. The molecule has 1 unspecified atom stereocenters. The molecule has 1 aromatic heterocycles. The zero-order valence-corrected chi connectivity index (χ0v) is 9.60. The van der Waals surface area contributed by atoms with Gasteiger partial charge in [0.05, 0.1) is 6.20 Å². The van der Waals surface area contributed by atoms with Gasteiger partial charge in [-0.2, -0.15) is 0 Å². The number of halogens is 1. The molecule has 0 saturated carbocycles. The van der Waals surface area contributed by atoms with E-state index in [0.717, 1.165) is 18.2 Å². The first-order valence-corrected chi connectivity index (χ1v) is 5.58. The summed E-state index contributed by atoms with van der Waals surface area (Å²) in [6, 6.07) is 8.94. The predicted molar refractivity (Wildman–Crippen MR) is 64.1 cm³/mol. The fraction of sp³-hybridized carbons (Fsp3) is 0.214. The van der Waals surface area contributed by atoms with Gasteiger partial charge in [-0.15, -0.1) is 0 Å². The van der Waals surface area contributed by atoms with Crippen LogP contribution >= 0.6 is 0 Å². The second-order valence-corrected chi connectivity index (χ2v) is 3.93. The molecule has 0 saturated heterocycles. The highest BCUT2D eigenvalue weighted by Gasteiger charge is 2.11. The molecular weight excluding hydrogens is 217 g/mol. The Bertz CT molecular complexity index is 496. The lowest BCUT2D eigenvalue weighted by atomic mass is 10.0. The molecule has 0 amide bonds. The Labute approximate surface area is 99.8 Å². The number of rotatable bonds is 3. The van der Waals surface area contributed by atoms with Gasteiger partial charge in [-0.1, -0.05) is 31.2 Å². The molecule has 0 spiro atoms. The molecule has 0 aliphatic heterocycles. The highest BCUT2D eigenvalue weighted by molar-refractivity contribution is 5.30. The van der Waals surface area contributed by atoms with E-state index in [9.17, 15) is 9.50 Å². The van der Waals surface area contributed by atoms with E-state index in [4.69, 9.17) is 0 Å². The van der Waals surface area contributed by atoms with Crippen molar-refractivity contribution in [2.45, 2.75) is 19.4 Å². The van der Waals surface area contributed by atoms with Gasteiger partial charge in [-0.25, -0.2) is 4.39 Å². The van der Waals surface area contributed by atoms with Crippen LogP contribution in [0.5, 0.6) is 0 Å². The molecule has 0 fully saturated rings.